The van der Waals surface area contributed by atoms with Crippen molar-refractivity contribution in [2.45, 2.75) is 32.0 Å². The van der Waals surface area contributed by atoms with Crippen LogP contribution in [-0.2, 0) is 9.53 Å². The van der Waals surface area contributed by atoms with Gasteiger partial charge in [-0.05, 0) is 18.4 Å². The van der Waals surface area contributed by atoms with Crippen molar-refractivity contribution in [2.75, 3.05) is 0 Å². The maximum absolute atomic E-state index is 11.8. The molecule has 0 aliphatic carbocycles. The van der Waals surface area contributed by atoms with Crippen LogP contribution in [0.2, 0.25) is 0 Å². The molecule has 1 aromatic rings. The van der Waals surface area contributed by atoms with Gasteiger partial charge >= 0.3 is 5.97 Å². The van der Waals surface area contributed by atoms with E-state index in [0.29, 0.717) is 18.4 Å². The number of hydrogen-bond donors (Lipinski definition) is 1. The minimum Gasteiger partial charge on any atom is -0.454 e. The van der Waals surface area contributed by atoms with Gasteiger partial charge in [-0.2, -0.15) is 0 Å². The Morgan fingerprint density at radius 1 is 1.44 bits per heavy atom. The highest BCUT2D eigenvalue weighted by Gasteiger charge is 2.36. The maximum atomic E-state index is 11.8. The van der Waals surface area contributed by atoms with E-state index in [-0.39, 0.29) is 12.0 Å². The van der Waals surface area contributed by atoms with Gasteiger partial charge in [-0.25, -0.2) is 4.79 Å². The smallest absolute Gasteiger partial charge is 0.334 e. The van der Waals surface area contributed by atoms with Gasteiger partial charge in [0.2, 0.25) is 0 Å². The predicted octanol–water partition coefficient (Wildman–Crippen LogP) is 2.62. The summed E-state index contributed by atoms with van der Waals surface area (Å²) >= 11 is 0. The van der Waals surface area contributed by atoms with Crippen molar-refractivity contribution >= 4 is 5.97 Å². The Kier molecular flexibility index (Phi) is 3.82. The van der Waals surface area contributed by atoms with Gasteiger partial charge in [0.1, 0.15) is 6.10 Å². The molecule has 0 unspecified atom stereocenters. The summed E-state index contributed by atoms with van der Waals surface area (Å²) in [6.07, 6.45) is 0.397. The molecule has 1 heterocycles. The van der Waals surface area contributed by atoms with Crippen molar-refractivity contribution in [1.82, 2.24) is 0 Å². The van der Waals surface area contributed by atoms with Crippen LogP contribution in [0.3, 0.4) is 0 Å². The Balaban J connectivity index is 2.21. The molecule has 1 aliphatic heterocycles. The van der Waals surface area contributed by atoms with Crippen LogP contribution in [0.1, 0.15) is 31.4 Å². The fraction of sp³-hybridized carbons (Fsp3) is 0.400. The quantitative estimate of drug-likeness (QED) is 0.658. The number of cyclic esters (lactones) is 1. The molecular formula is C15H18O3. The monoisotopic (exact) mass is 246 g/mol. The molecule has 1 N–H and O–H groups in total. The van der Waals surface area contributed by atoms with Crippen molar-refractivity contribution in [3.05, 3.63) is 48.0 Å². The second-order valence-corrected chi connectivity index (χ2v) is 4.65. The first kappa shape index (κ1) is 12.8. The van der Waals surface area contributed by atoms with E-state index in [9.17, 15) is 9.90 Å². The minimum atomic E-state index is -0.531. The van der Waals surface area contributed by atoms with Crippen LogP contribution in [0.15, 0.2) is 42.5 Å². The first-order valence-electron chi connectivity index (χ1n) is 6.26. The third-order valence-corrected chi connectivity index (χ3v) is 3.48. The molecule has 96 valence electrons. The number of aliphatic hydroxyl groups excluding tert-OH is 1. The third kappa shape index (κ3) is 2.46. The molecule has 0 aromatic heterocycles. The summed E-state index contributed by atoms with van der Waals surface area (Å²) in [5.41, 5.74) is 1.35. The Hall–Kier alpha value is -1.61. The molecule has 18 heavy (non-hydrogen) atoms. The second kappa shape index (κ2) is 5.36. The topological polar surface area (TPSA) is 46.5 Å². The fourth-order valence-electron chi connectivity index (χ4n) is 2.32. The van der Waals surface area contributed by atoms with Crippen molar-refractivity contribution < 1.29 is 14.6 Å². The number of esters is 1. The normalized spacial score (nSPS) is 25.7. The van der Waals surface area contributed by atoms with Gasteiger partial charge in [0, 0.05) is 11.5 Å². The summed E-state index contributed by atoms with van der Waals surface area (Å²) in [5.74, 6) is -0.603. The van der Waals surface area contributed by atoms with Crippen LogP contribution in [0.4, 0.5) is 0 Å². The number of ether oxygens (including phenoxy) is 1. The van der Waals surface area contributed by atoms with Gasteiger partial charge in [-0.1, -0.05) is 43.8 Å². The average Bonchev–Trinajstić information content (AvgIpc) is 2.41. The molecule has 1 aliphatic rings. The van der Waals surface area contributed by atoms with Gasteiger partial charge in [0.15, 0.2) is 0 Å². The van der Waals surface area contributed by atoms with Crippen LogP contribution >= 0.6 is 0 Å². The molecule has 2 rings (SSSR count). The molecule has 0 radical (unpaired) electrons. The Labute approximate surface area is 107 Å². The molecule has 0 bridgehead atoms. The Bertz CT molecular complexity index is 438. The zero-order valence-electron chi connectivity index (χ0n) is 10.5. The highest BCUT2D eigenvalue weighted by atomic mass is 16.5. The van der Waals surface area contributed by atoms with Gasteiger partial charge in [0.05, 0.1) is 6.10 Å². The van der Waals surface area contributed by atoms with E-state index in [1.165, 1.54) is 0 Å². The highest BCUT2D eigenvalue weighted by Crippen LogP contribution is 2.36. The Morgan fingerprint density at radius 3 is 2.72 bits per heavy atom. The van der Waals surface area contributed by atoms with Crippen LogP contribution in [0.25, 0.3) is 0 Å². The van der Waals surface area contributed by atoms with E-state index in [0.717, 1.165) is 5.56 Å². The van der Waals surface area contributed by atoms with Crippen LogP contribution in [0.5, 0.6) is 0 Å². The van der Waals surface area contributed by atoms with E-state index in [4.69, 9.17) is 4.74 Å². The summed E-state index contributed by atoms with van der Waals surface area (Å²) in [5, 5.41) is 9.97. The Morgan fingerprint density at radius 2 is 2.11 bits per heavy atom. The molecule has 3 atom stereocenters. The van der Waals surface area contributed by atoms with Crippen molar-refractivity contribution in [3.8, 4) is 0 Å². The van der Waals surface area contributed by atoms with Gasteiger partial charge in [0.25, 0.3) is 0 Å². The van der Waals surface area contributed by atoms with E-state index in [2.05, 4.69) is 6.58 Å². The lowest BCUT2D eigenvalue weighted by atomic mass is 9.83. The first-order valence-corrected chi connectivity index (χ1v) is 6.26. The van der Waals surface area contributed by atoms with Crippen LogP contribution in [-0.4, -0.2) is 17.2 Å². The first-order chi connectivity index (χ1) is 8.63. The maximum Gasteiger partial charge on any atom is 0.334 e. The van der Waals surface area contributed by atoms with Crippen LogP contribution < -0.4 is 0 Å². The summed E-state index contributed by atoms with van der Waals surface area (Å²) in [7, 11) is 0. The molecule has 0 saturated carbocycles. The molecule has 1 aromatic carbocycles. The van der Waals surface area contributed by atoms with Crippen molar-refractivity contribution in [1.29, 1.82) is 0 Å². The fourth-order valence-corrected chi connectivity index (χ4v) is 2.32. The average molecular weight is 246 g/mol. The molecule has 1 fully saturated rings. The van der Waals surface area contributed by atoms with E-state index in [1.54, 1.807) is 0 Å². The van der Waals surface area contributed by atoms with Crippen molar-refractivity contribution in [3.63, 3.8) is 0 Å². The molecule has 0 spiro atoms. The zero-order valence-corrected chi connectivity index (χ0v) is 10.5. The summed E-state index contributed by atoms with van der Waals surface area (Å²) in [6.45, 7) is 5.64. The lowest BCUT2D eigenvalue weighted by molar-refractivity contribution is -0.152. The number of rotatable bonds is 3. The summed E-state index contributed by atoms with van der Waals surface area (Å²) in [4.78, 5) is 11.8. The molecule has 1 saturated heterocycles. The lowest BCUT2D eigenvalue weighted by Crippen LogP contribution is -2.33. The number of benzene rings is 1. The standard InChI is InChI=1S/C15H18O3/c1-3-13(16)12-9-14(18-15(17)10(12)2)11-7-5-4-6-8-11/h4-8,12-14,16H,2-3,9H2,1H3/t12-,13+,14-/m0/s1. The number of hydrogen-bond acceptors (Lipinski definition) is 3. The molecule has 3 nitrogen and oxygen atoms in total. The minimum absolute atomic E-state index is 0.207. The van der Waals surface area contributed by atoms with E-state index >= 15 is 0 Å². The van der Waals surface area contributed by atoms with Gasteiger partial charge in [-0.3, -0.25) is 0 Å². The molecule has 0 amide bonds. The van der Waals surface area contributed by atoms with Crippen molar-refractivity contribution in [2.24, 2.45) is 5.92 Å². The summed E-state index contributed by atoms with van der Waals surface area (Å²) in [6, 6.07) is 9.62. The highest BCUT2D eigenvalue weighted by molar-refractivity contribution is 5.89. The van der Waals surface area contributed by atoms with E-state index in [1.807, 2.05) is 37.3 Å². The van der Waals surface area contributed by atoms with Gasteiger partial charge < -0.3 is 9.84 Å². The lowest BCUT2D eigenvalue weighted by Gasteiger charge is -2.33. The summed E-state index contributed by atoms with van der Waals surface area (Å²) < 4.78 is 5.36. The van der Waals surface area contributed by atoms with Crippen LogP contribution in [0, 0.1) is 5.92 Å². The largest absolute Gasteiger partial charge is 0.454 e. The zero-order chi connectivity index (χ0) is 13.1. The number of aliphatic hydroxyl groups is 1. The molecule has 3 heteroatoms. The number of carbonyl (C=O) groups is 1. The van der Waals surface area contributed by atoms with Gasteiger partial charge in [-0.15, -0.1) is 0 Å². The number of carbonyl (C=O) groups excluding carboxylic acids is 1. The molecular weight excluding hydrogens is 228 g/mol. The van der Waals surface area contributed by atoms with E-state index < -0.39 is 12.1 Å². The second-order valence-electron chi connectivity index (χ2n) is 4.65. The predicted molar refractivity (Wildman–Crippen MR) is 68.8 cm³/mol. The SMILES string of the molecule is C=C1C(=O)O[C@H](c2ccccc2)C[C@@H]1[C@H](O)CC. The third-order valence-electron chi connectivity index (χ3n) is 3.48.